The molecule has 0 saturated carbocycles. The fourth-order valence-electron chi connectivity index (χ4n) is 2.57. The van der Waals surface area contributed by atoms with E-state index < -0.39 is 0 Å². The molecular formula is C18H14ClN3O3. The van der Waals surface area contributed by atoms with Crippen LogP contribution < -0.4 is 14.8 Å². The molecule has 1 amide bonds. The molecule has 2 heterocycles. The first-order valence-corrected chi connectivity index (χ1v) is 8.09. The van der Waals surface area contributed by atoms with E-state index in [4.69, 9.17) is 21.1 Å². The molecule has 1 aromatic heterocycles. The van der Waals surface area contributed by atoms with Crippen molar-refractivity contribution in [3.05, 3.63) is 65.4 Å². The van der Waals surface area contributed by atoms with E-state index in [1.165, 1.54) is 0 Å². The summed E-state index contributed by atoms with van der Waals surface area (Å²) in [4.78, 5) is 12.6. The van der Waals surface area contributed by atoms with Crippen LogP contribution in [0.3, 0.4) is 0 Å². The Morgan fingerprint density at radius 1 is 1.12 bits per heavy atom. The Morgan fingerprint density at radius 3 is 2.68 bits per heavy atom. The van der Waals surface area contributed by atoms with Crippen LogP contribution in [0.2, 0.25) is 5.02 Å². The Balaban J connectivity index is 1.59. The zero-order chi connectivity index (χ0) is 17.2. The zero-order valence-corrected chi connectivity index (χ0v) is 13.9. The normalized spacial score (nSPS) is 12.7. The third-order valence-corrected chi connectivity index (χ3v) is 4.07. The first kappa shape index (κ1) is 15.5. The number of carbonyl (C=O) groups is 1. The maximum Gasteiger partial charge on any atom is 0.255 e. The molecule has 0 radical (unpaired) electrons. The number of nitrogens with zero attached hydrogens (tertiary/aromatic N) is 2. The van der Waals surface area contributed by atoms with Gasteiger partial charge in [-0.25, -0.2) is 4.68 Å². The highest BCUT2D eigenvalue weighted by atomic mass is 35.5. The minimum absolute atomic E-state index is 0.271. The summed E-state index contributed by atoms with van der Waals surface area (Å²) in [6.45, 7) is 0.948. The number of hydrogen-bond acceptors (Lipinski definition) is 4. The number of nitrogens with one attached hydrogen (secondary N) is 1. The third kappa shape index (κ3) is 3.16. The predicted octanol–water partition coefficient (Wildman–Crippen LogP) is 3.55. The highest BCUT2D eigenvalue weighted by molar-refractivity contribution is 6.34. The molecule has 3 aromatic rings. The molecule has 1 aliphatic rings. The molecule has 0 unspecified atom stereocenters. The first-order chi connectivity index (χ1) is 12.2. The predicted molar refractivity (Wildman–Crippen MR) is 94.0 cm³/mol. The molecule has 0 spiro atoms. The molecule has 2 aromatic carbocycles. The molecule has 7 heteroatoms. The number of carbonyl (C=O) groups excluding carboxylic acids is 1. The van der Waals surface area contributed by atoms with Crippen molar-refractivity contribution in [2.45, 2.75) is 0 Å². The second-order valence-electron chi connectivity index (χ2n) is 5.43. The minimum atomic E-state index is -0.271. The summed E-state index contributed by atoms with van der Waals surface area (Å²) < 4.78 is 12.7. The van der Waals surface area contributed by atoms with Gasteiger partial charge in [0.05, 0.1) is 16.4 Å². The largest absolute Gasteiger partial charge is 0.486 e. The van der Waals surface area contributed by atoms with Crippen molar-refractivity contribution < 1.29 is 14.3 Å². The lowest BCUT2D eigenvalue weighted by atomic mass is 10.1. The van der Waals surface area contributed by atoms with Crippen LogP contribution in [0.1, 0.15) is 10.4 Å². The minimum Gasteiger partial charge on any atom is -0.486 e. The lowest BCUT2D eigenvalue weighted by molar-refractivity contribution is 0.102. The molecule has 6 nitrogen and oxygen atoms in total. The van der Waals surface area contributed by atoms with Gasteiger partial charge in [0, 0.05) is 30.1 Å². The standard InChI is InChI=1S/C18H14ClN3O3/c19-14-10-16-17(25-8-7-24-16)11-15(14)21-18(23)12-3-1-4-13(9-12)22-6-2-5-20-22/h1-6,9-11H,7-8H2,(H,21,23). The molecule has 0 fully saturated rings. The third-order valence-electron chi connectivity index (χ3n) is 3.76. The number of halogens is 1. The van der Waals surface area contributed by atoms with Gasteiger partial charge in [-0.2, -0.15) is 5.10 Å². The Bertz CT molecular complexity index is 925. The number of amides is 1. The number of rotatable bonds is 3. The lowest BCUT2D eigenvalue weighted by Gasteiger charge is -2.20. The van der Waals surface area contributed by atoms with Gasteiger partial charge >= 0.3 is 0 Å². The van der Waals surface area contributed by atoms with E-state index in [1.807, 2.05) is 18.3 Å². The van der Waals surface area contributed by atoms with Crippen LogP contribution in [0.15, 0.2) is 54.9 Å². The summed E-state index contributed by atoms with van der Waals surface area (Å²) in [6, 6.07) is 12.3. The van der Waals surface area contributed by atoms with Crippen molar-refractivity contribution in [1.82, 2.24) is 9.78 Å². The summed E-state index contributed by atoms with van der Waals surface area (Å²) in [7, 11) is 0. The molecule has 0 aliphatic carbocycles. The molecule has 1 N–H and O–H groups in total. The summed E-state index contributed by atoms with van der Waals surface area (Å²) in [5.74, 6) is 0.874. The van der Waals surface area contributed by atoms with Crippen LogP contribution in [0.25, 0.3) is 5.69 Å². The van der Waals surface area contributed by atoms with Crippen LogP contribution in [-0.2, 0) is 0 Å². The monoisotopic (exact) mass is 355 g/mol. The van der Waals surface area contributed by atoms with E-state index >= 15 is 0 Å². The van der Waals surface area contributed by atoms with Crippen molar-refractivity contribution in [1.29, 1.82) is 0 Å². The number of anilines is 1. The van der Waals surface area contributed by atoms with Crippen LogP contribution >= 0.6 is 11.6 Å². The van der Waals surface area contributed by atoms with E-state index in [0.29, 0.717) is 41.0 Å². The Labute approximate surface area is 148 Å². The van der Waals surface area contributed by atoms with Gasteiger partial charge in [-0.1, -0.05) is 17.7 Å². The van der Waals surface area contributed by atoms with E-state index in [-0.39, 0.29) is 5.91 Å². The highest BCUT2D eigenvalue weighted by Gasteiger charge is 2.17. The van der Waals surface area contributed by atoms with Crippen LogP contribution in [-0.4, -0.2) is 28.9 Å². The Morgan fingerprint density at radius 2 is 1.92 bits per heavy atom. The Hall–Kier alpha value is -2.99. The number of aromatic nitrogens is 2. The summed E-state index contributed by atoms with van der Waals surface area (Å²) in [5.41, 5.74) is 1.77. The van der Waals surface area contributed by atoms with Gasteiger partial charge < -0.3 is 14.8 Å². The van der Waals surface area contributed by atoms with E-state index in [9.17, 15) is 4.79 Å². The number of ether oxygens (including phenoxy) is 2. The van der Waals surface area contributed by atoms with Crippen molar-refractivity contribution in [2.24, 2.45) is 0 Å². The topological polar surface area (TPSA) is 65.4 Å². The lowest BCUT2D eigenvalue weighted by Crippen LogP contribution is -2.17. The second kappa shape index (κ2) is 6.49. The smallest absolute Gasteiger partial charge is 0.255 e. The summed E-state index contributed by atoms with van der Waals surface area (Å²) in [5, 5.41) is 7.37. The van der Waals surface area contributed by atoms with E-state index in [0.717, 1.165) is 5.69 Å². The van der Waals surface area contributed by atoms with Crippen LogP contribution in [0, 0.1) is 0 Å². The van der Waals surface area contributed by atoms with Gasteiger partial charge in [-0.15, -0.1) is 0 Å². The number of hydrogen-bond donors (Lipinski definition) is 1. The molecule has 126 valence electrons. The van der Waals surface area contributed by atoms with Crippen molar-refractivity contribution in [2.75, 3.05) is 18.5 Å². The molecule has 25 heavy (non-hydrogen) atoms. The maximum absolute atomic E-state index is 12.6. The number of fused-ring (bicyclic) bond motifs is 1. The molecular weight excluding hydrogens is 342 g/mol. The van der Waals surface area contributed by atoms with Crippen molar-refractivity contribution in [3.8, 4) is 17.2 Å². The molecule has 4 rings (SSSR count). The van der Waals surface area contributed by atoms with Crippen molar-refractivity contribution in [3.63, 3.8) is 0 Å². The maximum atomic E-state index is 12.6. The average molecular weight is 356 g/mol. The van der Waals surface area contributed by atoms with E-state index in [1.54, 1.807) is 41.2 Å². The molecule has 0 atom stereocenters. The first-order valence-electron chi connectivity index (χ1n) is 7.71. The van der Waals surface area contributed by atoms with Crippen LogP contribution in [0.4, 0.5) is 5.69 Å². The quantitative estimate of drug-likeness (QED) is 0.780. The van der Waals surface area contributed by atoms with Crippen molar-refractivity contribution >= 4 is 23.2 Å². The Kier molecular flexibility index (Phi) is 4.03. The van der Waals surface area contributed by atoms with Crippen LogP contribution in [0.5, 0.6) is 11.5 Å². The van der Waals surface area contributed by atoms with E-state index in [2.05, 4.69) is 10.4 Å². The summed E-state index contributed by atoms with van der Waals surface area (Å²) in [6.07, 6.45) is 3.50. The van der Waals surface area contributed by atoms with Gasteiger partial charge in [0.1, 0.15) is 13.2 Å². The highest BCUT2D eigenvalue weighted by Crippen LogP contribution is 2.38. The van der Waals surface area contributed by atoms with Gasteiger partial charge in [0.15, 0.2) is 11.5 Å². The number of benzene rings is 2. The second-order valence-corrected chi connectivity index (χ2v) is 5.84. The zero-order valence-electron chi connectivity index (χ0n) is 13.1. The van der Waals surface area contributed by atoms with Gasteiger partial charge in [-0.05, 0) is 24.3 Å². The fourth-order valence-corrected chi connectivity index (χ4v) is 2.77. The fraction of sp³-hybridized carbons (Fsp3) is 0.111. The van der Waals surface area contributed by atoms with Gasteiger partial charge in [0.2, 0.25) is 0 Å². The summed E-state index contributed by atoms with van der Waals surface area (Å²) >= 11 is 6.24. The van der Waals surface area contributed by atoms with Gasteiger partial charge in [0.25, 0.3) is 5.91 Å². The average Bonchev–Trinajstić information content (AvgIpc) is 3.17. The van der Waals surface area contributed by atoms with Gasteiger partial charge in [-0.3, -0.25) is 4.79 Å². The SMILES string of the molecule is O=C(Nc1cc2c(cc1Cl)OCCO2)c1cccc(-n2cccn2)c1. The molecule has 0 bridgehead atoms. The molecule has 0 saturated heterocycles. The molecule has 1 aliphatic heterocycles.